The average molecular weight is 191 g/mol. The zero-order valence-corrected chi connectivity index (χ0v) is 9.12. The first-order valence-corrected chi connectivity index (χ1v) is 5.20. The van der Waals surface area contributed by atoms with E-state index in [2.05, 4.69) is 42.1 Å². The molecule has 0 radical (unpaired) electrons. The molecule has 0 aromatic carbocycles. The number of fused-ring (bicyclic) bond motifs is 1. The van der Waals surface area contributed by atoms with Crippen molar-refractivity contribution < 1.29 is 0 Å². The van der Waals surface area contributed by atoms with Crippen molar-refractivity contribution in [2.24, 2.45) is 0 Å². The van der Waals surface area contributed by atoms with E-state index in [0.29, 0.717) is 5.92 Å². The topological polar surface area (TPSA) is 29.0 Å². The van der Waals surface area contributed by atoms with Crippen LogP contribution in [0.1, 0.15) is 36.7 Å². The lowest BCUT2D eigenvalue weighted by molar-refractivity contribution is 0.308. The molecule has 2 heterocycles. The second kappa shape index (κ2) is 3.65. The van der Waals surface area contributed by atoms with Crippen LogP contribution in [-0.2, 0) is 13.0 Å². The first-order chi connectivity index (χ1) is 6.66. The molecule has 0 spiro atoms. The Kier molecular flexibility index (Phi) is 2.50. The van der Waals surface area contributed by atoms with E-state index < -0.39 is 0 Å². The monoisotopic (exact) mass is 191 g/mol. The zero-order chi connectivity index (χ0) is 10.1. The summed E-state index contributed by atoms with van der Waals surface area (Å²) in [5, 5.41) is 8.55. The maximum Gasteiger partial charge on any atom is 0.0689 e. The van der Waals surface area contributed by atoms with Crippen LogP contribution in [0.3, 0.4) is 0 Å². The van der Waals surface area contributed by atoms with Gasteiger partial charge < -0.3 is 4.90 Å². The second-order valence-corrected chi connectivity index (χ2v) is 4.38. The van der Waals surface area contributed by atoms with Crippen molar-refractivity contribution in [3.05, 3.63) is 23.0 Å². The summed E-state index contributed by atoms with van der Waals surface area (Å²) in [5.74, 6) is 0.472. The summed E-state index contributed by atoms with van der Waals surface area (Å²) >= 11 is 0. The Bertz CT molecular complexity index is 333. The molecule has 76 valence electrons. The van der Waals surface area contributed by atoms with Crippen LogP contribution in [0.4, 0.5) is 0 Å². The summed E-state index contributed by atoms with van der Waals surface area (Å²) in [5.41, 5.74) is 3.66. The van der Waals surface area contributed by atoms with E-state index in [-0.39, 0.29) is 0 Å². The highest BCUT2D eigenvalue weighted by Crippen LogP contribution is 2.19. The molecule has 0 saturated heterocycles. The number of nitrogens with zero attached hydrogens (tertiary/aromatic N) is 3. The van der Waals surface area contributed by atoms with Gasteiger partial charge in [0.1, 0.15) is 0 Å². The van der Waals surface area contributed by atoms with Crippen molar-refractivity contribution in [1.29, 1.82) is 0 Å². The van der Waals surface area contributed by atoms with Gasteiger partial charge >= 0.3 is 0 Å². The summed E-state index contributed by atoms with van der Waals surface area (Å²) in [6, 6.07) is 2.21. The third-order valence-electron chi connectivity index (χ3n) is 2.74. The summed E-state index contributed by atoms with van der Waals surface area (Å²) < 4.78 is 0. The van der Waals surface area contributed by atoms with Gasteiger partial charge in [-0.05, 0) is 24.6 Å². The van der Waals surface area contributed by atoms with Gasteiger partial charge in [-0.15, -0.1) is 0 Å². The van der Waals surface area contributed by atoms with Crippen molar-refractivity contribution in [3.63, 3.8) is 0 Å². The van der Waals surface area contributed by atoms with E-state index in [4.69, 9.17) is 0 Å². The van der Waals surface area contributed by atoms with Crippen molar-refractivity contribution in [2.45, 2.75) is 32.7 Å². The molecular formula is C11H17N3. The van der Waals surface area contributed by atoms with Crippen LogP contribution >= 0.6 is 0 Å². The van der Waals surface area contributed by atoms with Gasteiger partial charge in [0.2, 0.25) is 0 Å². The standard InChI is InChI=1S/C11H17N3/c1-8(2)11-6-9-7-14(3)5-4-10(9)12-13-11/h6,8H,4-5,7H2,1-3H3. The number of hydrogen-bond acceptors (Lipinski definition) is 3. The van der Waals surface area contributed by atoms with E-state index in [1.807, 2.05) is 0 Å². The van der Waals surface area contributed by atoms with Crippen LogP contribution < -0.4 is 0 Å². The average Bonchev–Trinajstić information content (AvgIpc) is 2.16. The Labute approximate surface area is 85.1 Å². The van der Waals surface area contributed by atoms with E-state index in [1.54, 1.807) is 0 Å². The van der Waals surface area contributed by atoms with E-state index >= 15 is 0 Å². The van der Waals surface area contributed by atoms with Crippen LogP contribution in [0.15, 0.2) is 6.07 Å². The van der Waals surface area contributed by atoms with Crippen LogP contribution in [0.5, 0.6) is 0 Å². The molecule has 0 atom stereocenters. The van der Waals surface area contributed by atoms with E-state index in [9.17, 15) is 0 Å². The van der Waals surface area contributed by atoms with Crippen LogP contribution in [0.25, 0.3) is 0 Å². The van der Waals surface area contributed by atoms with Gasteiger partial charge in [-0.2, -0.15) is 10.2 Å². The molecule has 0 unspecified atom stereocenters. The van der Waals surface area contributed by atoms with E-state index in [1.165, 1.54) is 11.3 Å². The van der Waals surface area contributed by atoms with Crippen LogP contribution in [0.2, 0.25) is 0 Å². The second-order valence-electron chi connectivity index (χ2n) is 4.38. The highest BCUT2D eigenvalue weighted by Gasteiger charge is 2.16. The van der Waals surface area contributed by atoms with Gasteiger partial charge in [0.15, 0.2) is 0 Å². The van der Waals surface area contributed by atoms with E-state index in [0.717, 1.165) is 25.2 Å². The fraction of sp³-hybridized carbons (Fsp3) is 0.636. The highest BCUT2D eigenvalue weighted by molar-refractivity contribution is 5.24. The largest absolute Gasteiger partial charge is 0.302 e. The Morgan fingerprint density at radius 2 is 2.14 bits per heavy atom. The molecule has 14 heavy (non-hydrogen) atoms. The number of rotatable bonds is 1. The molecule has 0 aliphatic carbocycles. The Balaban J connectivity index is 2.33. The first kappa shape index (κ1) is 9.59. The molecule has 2 rings (SSSR count). The predicted molar refractivity (Wildman–Crippen MR) is 56.2 cm³/mol. The minimum Gasteiger partial charge on any atom is -0.302 e. The van der Waals surface area contributed by atoms with Crippen molar-refractivity contribution in [2.75, 3.05) is 13.6 Å². The minimum atomic E-state index is 0.472. The fourth-order valence-corrected chi connectivity index (χ4v) is 1.77. The summed E-state index contributed by atoms with van der Waals surface area (Å²) in [6.45, 7) is 6.43. The molecular weight excluding hydrogens is 174 g/mol. The molecule has 1 aliphatic heterocycles. The van der Waals surface area contributed by atoms with Gasteiger partial charge in [0.25, 0.3) is 0 Å². The molecule has 0 N–H and O–H groups in total. The number of aromatic nitrogens is 2. The fourth-order valence-electron chi connectivity index (χ4n) is 1.77. The van der Waals surface area contributed by atoms with Gasteiger partial charge in [-0.1, -0.05) is 13.8 Å². The lowest BCUT2D eigenvalue weighted by Gasteiger charge is -2.24. The summed E-state index contributed by atoms with van der Waals surface area (Å²) in [4.78, 5) is 2.33. The smallest absolute Gasteiger partial charge is 0.0689 e. The van der Waals surface area contributed by atoms with Crippen LogP contribution in [0, 0.1) is 0 Å². The molecule has 3 nitrogen and oxygen atoms in total. The minimum absolute atomic E-state index is 0.472. The van der Waals surface area contributed by atoms with Crippen molar-refractivity contribution in [3.8, 4) is 0 Å². The SMILES string of the molecule is CC(C)c1cc2c(nn1)CCN(C)C2. The molecule has 1 aromatic rings. The lowest BCUT2D eigenvalue weighted by Crippen LogP contribution is -2.27. The van der Waals surface area contributed by atoms with Gasteiger partial charge in [0.05, 0.1) is 11.4 Å². The van der Waals surface area contributed by atoms with Crippen molar-refractivity contribution in [1.82, 2.24) is 15.1 Å². The summed E-state index contributed by atoms with van der Waals surface area (Å²) in [6.07, 6.45) is 1.04. The van der Waals surface area contributed by atoms with Crippen LogP contribution in [-0.4, -0.2) is 28.7 Å². The zero-order valence-electron chi connectivity index (χ0n) is 9.12. The maximum atomic E-state index is 4.30. The Hall–Kier alpha value is -0.960. The molecule has 0 amide bonds. The van der Waals surface area contributed by atoms with Crippen molar-refractivity contribution >= 4 is 0 Å². The van der Waals surface area contributed by atoms with Gasteiger partial charge in [-0.3, -0.25) is 0 Å². The Morgan fingerprint density at radius 1 is 1.36 bits per heavy atom. The predicted octanol–water partition coefficient (Wildman–Crippen LogP) is 1.59. The van der Waals surface area contributed by atoms with Gasteiger partial charge in [-0.25, -0.2) is 0 Å². The molecule has 0 bridgehead atoms. The molecule has 0 fully saturated rings. The molecule has 3 heteroatoms. The normalized spacial score (nSPS) is 17.1. The lowest BCUT2D eigenvalue weighted by atomic mass is 10.0. The third kappa shape index (κ3) is 1.77. The third-order valence-corrected chi connectivity index (χ3v) is 2.74. The Morgan fingerprint density at radius 3 is 2.86 bits per heavy atom. The molecule has 0 saturated carbocycles. The highest BCUT2D eigenvalue weighted by atomic mass is 15.1. The quantitative estimate of drug-likeness (QED) is 0.675. The molecule has 1 aromatic heterocycles. The maximum absolute atomic E-state index is 4.30. The number of likely N-dealkylation sites (N-methyl/N-ethyl adjacent to an activating group) is 1. The van der Waals surface area contributed by atoms with Gasteiger partial charge in [0, 0.05) is 19.5 Å². The number of hydrogen-bond donors (Lipinski definition) is 0. The summed E-state index contributed by atoms with van der Waals surface area (Å²) in [7, 11) is 2.15. The first-order valence-electron chi connectivity index (χ1n) is 5.20. The molecule has 1 aliphatic rings.